The number of ketones is 1. The van der Waals surface area contributed by atoms with E-state index < -0.39 is 5.91 Å². The zero-order chi connectivity index (χ0) is 11.0. The summed E-state index contributed by atoms with van der Waals surface area (Å²) in [5, 5.41) is 2.58. The Kier molecular flexibility index (Phi) is 2.04. The number of hydrogen-bond acceptors (Lipinski definition) is 3. The molecule has 0 atom stereocenters. The molecule has 1 aliphatic rings. The molecule has 1 amide bonds. The van der Waals surface area contributed by atoms with Crippen molar-refractivity contribution in [2.45, 2.75) is 0 Å². The van der Waals surface area contributed by atoms with E-state index in [2.05, 4.69) is 11.9 Å². The molecule has 1 aromatic rings. The molecule has 76 valence electrons. The minimum atomic E-state index is -0.475. The second kappa shape index (κ2) is 3.24. The molecule has 0 aliphatic carbocycles. The van der Waals surface area contributed by atoms with Crippen molar-refractivity contribution in [3.63, 3.8) is 0 Å². The fourth-order valence-corrected chi connectivity index (χ4v) is 1.47. The number of ether oxygens (including phenoxy) is 1. The minimum absolute atomic E-state index is 0.0456. The number of fused-ring (bicyclic) bond motifs is 1. The maximum atomic E-state index is 11.7. The molecule has 1 aromatic carbocycles. The van der Waals surface area contributed by atoms with Gasteiger partial charge < -0.3 is 10.1 Å². The Morgan fingerprint density at radius 1 is 1.33 bits per heavy atom. The first-order valence-corrected chi connectivity index (χ1v) is 4.37. The smallest absolute Gasteiger partial charge is 0.259 e. The molecule has 0 unspecified atom stereocenters. The van der Waals surface area contributed by atoms with E-state index in [0.29, 0.717) is 17.0 Å². The predicted octanol–water partition coefficient (Wildman–Crippen LogP) is 1.39. The van der Waals surface area contributed by atoms with Gasteiger partial charge in [0, 0.05) is 0 Å². The Balaban J connectivity index is 2.64. The molecule has 0 radical (unpaired) electrons. The van der Waals surface area contributed by atoms with Crippen molar-refractivity contribution in [1.29, 1.82) is 0 Å². The SMILES string of the molecule is C=C1C(=O)Nc2c(OC)cccc2C1=O. The minimum Gasteiger partial charge on any atom is -0.495 e. The lowest BCUT2D eigenvalue weighted by atomic mass is 9.97. The monoisotopic (exact) mass is 203 g/mol. The van der Waals surface area contributed by atoms with E-state index >= 15 is 0 Å². The first-order chi connectivity index (χ1) is 7.15. The van der Waals surface area contributed by atoms with E-state index in [9.17, 15) is 9.59 Å². The highest BCUT2D eigenvalue weighted by atomic mass is 16.5. The number of nitrogens with one attached hydrogen (secondary N) is 1. The van der Waals surface area contributed by atoms with Gasteiger partial charge in [0.25, 0.3) is 5.91 Å². The number of methoxy groups -OCH3 is 1. The maximum Gasteiger partial charge on any atom is 0.259 e. The van der Waals surface area contributed by atoms with Gasteiger partial charge >= 0.3 is 0 Å². The van der Waals surface area contributed by atoms with E-state index in [1.165, 1.54) is 7.11 Å². The number of para-hydroxylation sites is 1. The van der Waals surface area contributed by atoms with Crippen LogP contribution in [-0.2, 0) is 4.79 Å². The molecule has 0 aromatic heterocycles. The van der Waals surface area contributed by atoms with Gasteiger partial charge in [-0.1, -0.05) is 12.6 Å². The zero-order valence-corrected chi connectivity index (χ0v) is 8.16. The Hall–Kier alpha value is -2.10. The van der Waals surface area contributed by atoms with Crippen LogP contribution in [0, 0.1) is 0 Å². The van der Waals surface area contributed by atoms with E-state index in [4.69, 9.17) is 4.74 Å². The Labute approximate surface area is 86.5 Å². The van der Waals surface area contributed by atoms with Crippen molar-refractivity contribution in [1.82, 2.24) is 0 Å². The second-order valence-electron chi connectivity index (χ2n) is 3.14. The quantitative estimate of drug-likeness (QED) is 0.554. The standard InChI is InChI=1S/C11H9NO3/c1-6-10(13)7-4-3-5-8(15-2)9(7)12-11(6)14/h3-5H,1H2,2H3,(H,12,14). The number of carbonyl (C=O) groups is 2. The van der Waals surface area contributed by atoms with Gasteiger partial charge in [0.05, 0.1) is 23.9 Å². The van der Waals surface area contributed by atoms with E-state index in [1.807, 2.05) is 0 Å². The van der Waals surface area contributed by atoms with Crippen LogP contribution < -0.4 is 10.1 Å². The molecular formula is C11H9NO3. The van der Waals surface area contributed by atoms with Gasteiger partial charge in [0.1, 0.15) is 5.75 Å². The van der Waals surface area contributed by atoms with Gasteiger partial charge in [-0.3, -0.25) is 9.59 Å². The van der Waals surface area contributed by atoms with Gasteiger partial charge in [-0.25, -0.2) is 0 Å². The summed E-state index contributed by atoms with van der Waals surface area (Å²) in [5.74, 6) is -0.355. The number of benzene rings is 1. The van der Waals surface area contributed by atoms with Gasteiger partial charge in [0.2, 0.25) is 0 Å². The third-order valence-corrected chi connectivity index (χ3v) is 2.28. The molecule has 4 heteroatoms. The van der Waals surface area contributed by atoms with Gasteiger partial charge in [-0.2, -0.15) is 0 Å². The first-order valence-electron chi connectivity index (χ1n) is 4.37. The number of amides is 1. The molecule has 1 aliphatic heterocycles. The van der Waals surface area contributed by atoms with Gasteiger partial charge in [0.15, 0.2) is 5.78 Å². The fourth-order valence-electron chi connectivity index (χ4n) is 1.47. The number of hydrogen-bond donors (Lipinski definition) is 1. The summed E-state index contributed by atoms with van der Waals surface area (Å²) in [6.07, 6.45) is 0. The lowest BCUT2D eigenvalue weighted by Crippen LogP contribution is -2.27. The lowest BCUT2D eigenvalue weighted by Gasteiger charge is -2.19. The van der Waals surface area contributed by atoms with Crippen LogP contribution in [0.25, 0.3) is 0 Å². The van der Waals surface area contributed by atoms with E-state index in [-0.39, 0.29) is 11.4 Å². The van der Waals surface area contributed by atoms with Crippen LogP contribution in [0.5, 0.6) is 5.75 Å². The molecule has 0 saturated heterocycles. The highest BCUT2D eigenvalue weighted by Gasteiger charge is 2.28. The Morgan fingerprint density at radius 2 is 2.07 bits per heavy atom. The topological polar surface area (TPSA) is 55.4 Å². The summed E-state index contributed by atoms with van der Waals surface area (Å²) in [4.78, 5) is 23.0. The highest BCUT2D eigenvalue weighted by Crippen LogP contribution is 2.33. The number of carbonyl (C=O) groups excluding carboxylic acids is 2. The number of rotatable bonds is 1. The van der Waals surface area contributed by atoms with Gasteiger partial charge in [-0.05, 0) is 12.1 Å². The Morgan fingerprint density at radius 3 is 2.73 bits per heavy atom. The summed E-state index contributed by atoms with van der Waals surface area (Å²) in [7, 11) is 1.48. The van der Waals surface area contributed by atoms with Crippen LogP contribution in [0.3, 0.4) is 0 Å². The average Bonchev–Trinajstić information content (AvgIpc) is 2.25. The summed E-state index contributed by atoms with van der Waals surface area (Å²) >= 11 is 0. The van der Waals surface area contributed by atoms with Crippen LogP contribution in [0.2, 0.25) is 0 Å². The van der Waals surface area contributed by atoms with Crippen molar-refractivity contribution in [2.24, 2.45) is 0 Å². The van der Waals surface area contributed by atoms with Crippen LogP contribution in [0.4, 0.5) is 5.69 Å². The molecule has 2 rings (SSSR count). The van der Waals surface area contributed by atoms with Crippen LogP contribution in [0.1, 0.15) is 10.4 Å². The molecule has 0 saturated carbocycles. The van der Waals surface area contributed by atoms with Crippen molar-refractivity contribution < 1.29 is 14.3 Å². The summed E-state index contributed by atoms with van der Waals surface area (Å²) in [6.45, 7) is 3.43. The molecular weight excluding hydrogens is 194 g/mol. The Bertz CT molecular complexity index is 477. The van der Waals surface area contributed by atoms with E-state index in [0.717, 1.165) is 0 Å². The largest absolute Gasteiger partial charge is 0.495 e. The van der Waals surface area contributed by atoms with Crippen molar-refractivity contribution >= 4 is 17.4 Å². The number of anilines is 1. The first kappa shape index (κ1) is 9.45. The van der Waals surface area contributed by atoms with Crippen LogP contribution in [-0.4, -0.2) is 18.8 Å². The average molecular weight is 203 g/mol. The molecule has 0 bridgehead atoms. The third-order valence-electron chi connectivity index (χ3n) is 2.28. The van der Waals surface area contributed by atoms with Crippen molar-refractivity contribution in [3.8, 4) is 5.75 Å². The van der Waals surface area contributed by atoms with Crippen molar-refractivity contribution in [3.05, 3.63) is 35.9 Å². The van der Waals surface area contributed by atoms with Crippen LogP contribution >= 0.6 is 0 Å². The van der Waals surface area contributed by atoms with E-state index in [1.54, 1.807) is 18.2 Å². The molecule has 0 fully saturated rings. The second-order valence-corrected chi connectivity index (χ2v) is 3.14. The third kappa shape index (κ3) is 1.30. The predicted molar refractivity (Wildman–Crippen MR) is 55.1 cm³/mol. The summed E-state index contributed by atoms with van der Waals surface area (Å²) in [6, 6.07) is 5.01. The molecule has 1 heterocycles. The maximum absolute atomic E-state index is 11.7. The van der Waals surface area contributed by atoms with Gasteiger partial charge in [-0.15, -0.1) is 0 Å². The van der Waals surface area contributed by atoms with Crippen LogP contribution in [0.15, 0.2) is 30.4 Å². The van der Waals surface area contributed by atoms with Crippen molar-refractivity contribution in [2.75, 3.05) is 12.4 Å². The highest BCUT2D eigenvalue weighted by molar-refractivity contribution is 6.34. The summed E-state index contributed by atoms with van der Waals surface area (Å²) < 4.78 is 5.05. The summed E-state index contributed by atoms with van der Waals surface area (Å²) in [5.41, 5.74) is 0.789. The zero-order valence-electron chi connectivity index (χ0n) is 8.16. The normalized spacial score (nSPS) is 14.6. The lowest BCUT2D eigenvalue weighted by molar-refractivity contribution is -0.112. The number of Topliss-reactive ketones (excluding diaryl/α,β-unsaturated/α-hetero) is 1. The fraction of sp³-hybridized carbons (Fsp3) is 0.0909. The molecule has 4 nitrogen and oxygen atoms in total. The molecule has 1 N–H and O–H groups in total. The molecule has 0 spiro atoms. The molecule has 15 heavy (non-hydrogen) atoms.